The molecule has 0 heterocycles. The van der Waals surface area contributed by atoms with Gasteiger partial charge in [0.15, 0.2) is 0 Å². The van der Waals surface area contributed by atoms with Gasteiger partial charge in [-0.15, -0.1) is 0 Å². The minimum absolute atomic E-state index is 0.0124. The van der Waals surface area contributed by atoms with Gasteiger partial charge in [0.1, 0.15) is 5.75 Å². The maximum absolute atomic E-state index is 12.3. The van der Waals surface area contributed by atoms with Gasteiger partial charge in [-0.25, -0.2) is 0 Å². The van der Waals surface area contributed by atoms with Crippen LogP contribution in [0.4, 0.5) is 0 Å². The van der Waals surface area contributed by atoms with Gasteiger partial charge in [0.25, 0.3) is 5.91 Å². The summed E-state index contributed by atoms with van der Waals surface area (Å²) in [7, 11) is 0. The van der Waals surface area contributed by atoms with Gasteiger partial charge in [0.2, 0.25) is 0 Å². The van der Waals surface area contributed by atoms with Crippen molar-refractivity contribution in [3.05, 3.63) is 90.0 Å². The predicted molar refractivity (Wildman–Crippen MR) is 95.9 cm³/mol. The van der Waals surface area contributed by atoms with Gasteiger partial charge < -0.3 is 10.4 Å². The highest BCUT2D eigenvalue weighted by Gasteiger charge is 2.14. The number of para-hydroxylation sites is 1. The molecule has 0 radical (unpaired) electrons. The molecule has 0 aromatic heterocycles. The van der Waals surface area contributed by atoms with Crippen molar-refractivity contribution in [3.63, 3.8) is 0 Å². The molecule has 3 rings (SSSR count). The number of amides is 1. The Morgan fingerprint density at radius 3 is 2.08 bits per heavy atom. The van der Waals surface area contributed by atoms with Crippen LogP contribution in [-0.2, 0) is 0 Å². The first-order valence-corrected chi connectivity index (χ1v) is 7.89. The van der Waals surface area contributed by atoms with Crippen molar-refractivity contribution in [1.82, 2.24) is 5.32 Å². The van der Waals surface area contributed by atoms with Gasteiger partial charge in [0, 0.05) is 0 Å². The van der Waals surface area contributed by atoms with E-state index in [2.05, 4.69) is 17.4 Å². The highest BCUT2D eigenvalue weighted by atomic mass is 16.3. The minimum Gasteiger partial charge on any atom is -0.507 e. The third kappa shape index (κ3) is 3.46. The Labute approximate surface area is 141 Å². The molecule has 1 amide bonds. The average Bonchev–Trinajstić information content (AvgIpc) is 2.63. The molecule has 3 aromatic carbocycles. The van der Waals surface area contributed by atoms with Crippen LogP contribution in [0, 0.1) is 0 Å². The average molecular weight is 317 g/mol. The lowest BCUT2D eigenvalue weighted by atomic mass is 10.0. The summed E-state index contributed by atoms with van der Waals surface area (Å²) in [5.74, 6) is -0.297. The van der Waals surface area contributed by atoms with Crippen molar-refractivity contribution in [3.8, 4) is 16.9 Å². The fourth-order valence-electron chi connectivity index (χ4n) is 2.62. The molecule has 0 aliphatic heterocycles. The SMILES string of the molecule is CC(NC(=O)c1ccccc1O)c1ccc(-c2ccccc2)cc1. The summed E-state index contributed by atoms with van der Waals surface area (Å²) < 4.78 is 0. The minimum atomic E-state index is -0.285. The molecule has 0 bridgehead atoms. The van der Waals surface area contributed by atoms with E-state index in [0.717, 1.165) is 16.7 Å². The van der Waals surface area contributed by atoms with Crippen LogP contribution in [0.2, 0.25) is 0 Å². The van der Waals surface area contributed by atoms with Crippen LogP contribution >= 0.6 is 0 Å². The van der Waals surface area contributed by atoms with Crippen molar-refractivity contribution < 1.29 is 9.90 Å². The number of carbonyl (C=O) groups is 1. The molecule has 3 aromatic rings. The van der Waals surface area contributed by atoms with Crippen LogP contribution in [0.5, 0.6) is 5.75 Å². The number of rotatable bonds is 4. The van der Waals surface area contributed by atoms with E-state index in [4.69, 9.17) is 0 Å². The summed E-state index contributed by atoms with van der Waals surface area (Å²) in [6.45, 7) is 1.93. The zero-order valence-electron chi connectivity index (χ0n) is 13.4. The number of nitrogens with one attached hydrogen (secondary N) is 1. The normalized spacial score (nSPS) is 11.7. The largest absolute Gasteiger partial charge is 0.507 e. The first-order valence-electron chi connectivity index (χ1n) is 7.89. The second-order valence-electron chi connectivity index (χ2n) is 5.70. The Bertz CT molecular complexity index is 826. The summed E-state index contributed by atoms with van der Waals surface area (Å²) in [6.07, 6.45) is 0. The lowest BCUT2D eigenvalue weighted by Gasteiger charge is -2.15. The lowest BCUT2D eigenvalue weighted by Crippen LogP contribution is -2.26. The first-order chi connectivity index (χ1) is 11.6. The molecule has 0 spiro atoms. The summed E-state index contributed by atoms with van der Waals surface area (Å²) >= 11 is 0. The quantitative estimate of drug-likeness (QED) is 0.741. The predicted octanol–water partition coefficient (Wildman–Crippen LogP) is 4.55. The van der Waals surface area contributed by atoms with Gasteiger partial charge in [-0.2, -0.15) is 0 Å². The zero-order valence-corrected chi connectivity index (χ0v) is 13.4. The van der Waals surface area contributed by atoms with Crippen molar-refractivity contribution in [2.24, 2.45) is 0 Å². The van der Waals surface area contributed by atoms with Gasteiger partial charge in [-0.05, 0) is 35.7 Å². The van der Waals surface area contributed by atoms with Gasteiger partial charge in [0.05, 0.1) is 11.6 Å². The van der Waals surface area contributed by atoms with E-state index in [9.17, 15) is 9.90 Å². The summed E-state index contributed by atoms with van der Waals surface area (Å²) in [5, 5.41) is 12.7. The van der Waals surface area contributed by atoms with Crippen LogP contribution < -0.4 is 5.32 Å². The van der Waals surface area contributed by atoms with Gasteiger partial charge in [-0.3, -0.25) is 4.79 Å². The number of benzene rings is 3. The number of phenolic OH excluding ortho intramolecular Hbond substituents is 1. The molecule has 0 fully saturated rings. The van der Waals surface area contributed by atoms with Crippen molar-refractivity contribution >= 4 is 5.91 Å². The number of hydrogen-bond acceptors (Lipinski definition) is 2. The third-order valence-corrected chi connectivity index (χ3v) is 4.01. The van der Waals surface area contributed by atoms with E-state index in [0.29, 0.717) is 0 Å². The smallest absolute Gasteiger partial charge is 0.255 e. The fourth-order valence-corrected chi connectivity index (χ4v) is 2.62. The Kier molecular flexibility index (Phi) is 4.62. The van der Waals surface area contributed by atoms with Crippen LogP contribution in [0.25, 0.3) is 11.1 Å². The monoisotopic (exact) mass is 317 g/mol. The highest BCUT2D eigenvalue weighted by molar-refractivity contribution is 5.97. The number of phenols is 1. The van der Waals surface area contributed by atoms with Crippen LogP contribution in [0.1, 0.15) is 28.9 Å². The number of carbonyl (C=O) groups excluding carboxylic acids is 1. The highest BCUT2D eigenvalue weighted by Crippen LogP contribution is 2.22. The van der Waals surface area contributed by atoms with Crippen molar-refractivity contribution in [1.29, 1.82) is 0 Å². The summed E-state index contributed by atoms with van der Waals surface area (Å²) in [6, 6.07) is 24.7. The molecular formula is C21H19NO2. The lowest BCUT2D eigenvalue weighted by molar-refractivity contribution is 0.0937. The first kappa shape index (κ1) is 15.8. The van der Waals surface area contributed by atoms with Crippen molar-refractivity contribution in [2.75, 3.05) is 0 Å². The van der Waals surface area contributed by atoms with E-state index in [1.807, 2.05) is 49.4 Å². The number of hydrogen-bond donors (Lipinski definition) is 2. The topological polar surface area (TPSA) is 49.3 Å². The molecule has 0 aliphatic rings. The number of aromatic hydroxyl groups is 1. The molecule has 2 N–H and O–H groups in total. The molecule has 3 heteroatoms. The Hall–Kier alpha value is -3.07. The Morgan fingerprint density at radius 1 is 0.833 bits per heavy atom. The van der Waals surface area contributed by atoms with E-state index >= 15 is 0 Å². The van der Waals surface area contributed by atoms with Crippen LogP contribution in [-0.4, -0.2) is 11.0 Å². The molecule has 0 aliphatic carbocycles. The summed E-state index contributed by atoms with van der Waals surface area (Å²) in [4.78, 5) is 12.3. The third-order valence-electron chi connectivity index (χ3n) is 4.01. The van der Waals surface area contributed by atoms with Crippen molar-refractivity contribution in [2.45, 2.75) is 13.0 Å². The van der Waals surface area contributed by atoms with Gasteiger partial charge >= 0.3 is 0 Å². The molecule has 3 nitrogen and oxygen atoms in total. The molecule has 24 heavy (non-hydrogen) atoms. The molecular weight excluding hydrogens is 298 g/mol. The maximum Gasteiger partial charge on any atom is 0.255 e. The molecule has 0 saturated heterocycles. The molecule has 1 atom stereocenters. The van der Waals surface area contributed by atoms with Gasteiger partial charge in [-0.1, -0.05) is 66.7 Å². The van der Waals surface area contributed by atoms with E-state index in [1.165, 1.54) is 6.07 Å². The molecule has 120 valence electrons. The Morgan fingerprint density at radius 2 is 1.42 bits per heavy atom. The van der Waals surface area contributed by atoms with E-state index in [-0.39, 0.29) is 23.3 Å². The molecule has 1 unspecified atom stereocenters. The zero-order chi connectivity index (χ0) is 16.9. The second-order valence-corrected chi connectivity index (χ2v) is 5.70. The Balaban J connectivity index is 1.73. The molecule has 0 saturated carbocycles. The summed E-state index contributed by atoms with van der Waals surface area (Å²) in [5.41, 5.74) is 3.59. The van der Waals surface area contributed by atoms with Crippen LogP contribution in [0.15, 0.2) is 78.9 Å². The maximum atomic E-state index is 12.3. The van der Waals surface area contributed by atoms with Crippen LogP contribution in [0.3, 0.4) is 0 Å². The van der Waals surface area contributed by atoms with E-state index < -0.39 is 0 Å². The van der Waals surface area contributed by atoms with E-state index in [1.54, 1.807) is 18.2 Å². The fraction of sp³-hybridized carbons (Fsp3) is 0.0952. The second kappa shape index (κ2) is 7.01. The standard InChI is InChI=1S/C21H19NO2/c1-15(22-21(24)19-9-5-6-10-20(19)23)16-11-13-18(14-12-16)17-7-3-2-4-8-17/h2-15,23H,1H3,(H,22,24).